The summed E-state index contributed by atoms with van der Waals surface area (Å²) in [6, 6.07) is 5.94. The van der Waals surface area contributed by atoms with Crippen LogP contribution in [0.5, 0.6) is 5.75 Å². The van der Waals surface area contributed by atoms with Gasteiger partial charge in [0.2, 0.25) is 11.9 Å². The molecule has 176 valence electrons. The molecule has 0 bridgehead atoms. The van der Waals surface area contributed by atoms with E-state index < -0.39 is 0 Å². The maximum atomic E-state index is 12.4. The van der Waals surface area contributed by atoms with Gasteiger partial charge in [0.05, 0.1) is 13.7 Å². The fourth-order valence-corrected chi connectivity index (χ4v) is 3.66. The Morgan fingerprint density at radius 2 is 2.00 bits per heavy atom. The zero-order chi connectivity index (χ0) is 23.7. The smallest absolute Gasteiger partial charge is 0.241 e. The second-order valence-corrected chi connectivity index (χ2v) is 7.73. The van der Waals surface area contributed by atoms with Gasteiger partial charge in [-0.1, -0.05) is 19.4 Å². The minimum atomic E-state index is 0.101. The van der Waals surface area contributed by atoms with Crippen molar-refractivity contribution in [2.45, 2.75) is 33.1 Å². The van der Waals surface area contributed by atoms with Gasteiger partial charge < -0.3 is 25.8 Å². The summed E-state index contributed by atoms with van der Waals surface area (Å²) in [4.78, 5) is 25.1. The van der Waals surface area contributed by atoms with Crippen molar-refractivity contribution < 1.29 is 14.6 Å². The quantitative estimate of drug-likeness (QED) is 0.530. The van der Waals surface area contributed by atoms with Crippen LogP contribution in [0.2, 0.25) is 0 Å². The third-order valence-corrected chi connectivity index (χ3v) is 5.42. The predicted molar refractivity (Wildman–Crippen MR) is 128 cm³/mol. The maximum absolute atomic E-state index is 12.4. The largest absolute Gasteiger partial charge is 0.496 e. The van der Waals surface area contributed by atoms with Gasteiger partial charge in [-0.25, -0.2) is 4.98 Å². The number of likely N-dealkylation sites (N-methyl/N-ethyl adjacent to an activating group) is 1. The Bertz CT molecular complexity index is 906. The molecule has 1 aliphatic heterocycles. The number of benzene rings is 1. The first-order chi connectivity index (χ1) is 15.4. The summed E-state index contributed by atoms with van der Waals surface area (Å²) in [5, 5.41) is 10.4. The van der Waals surface area contributed by atoms with E-state index in [0.717, 1.165) is 67.1 Å². The Morgan fingerprint density at radius 3 is 2.66 bits per heavy atom. The van der Waals surface area contributed by atoms with Gasteiger partial charge >= 0.3 is 0 Å². The van der Waals surface area contributed by atoms with Crippen LogP contribution < -0.4 is 20.7 Å². The molecule has 9 heteroatoms. The molecule has 3 rings (SSSR count). The van der Waals surface area contributed by atoms with Crippen molar-refractivity contribution in [3.8, 4) is 5.75 Å². The predicted octanol–water partition coefficient (Wildman–Crippen LogP) is 2.07. The highest BCUT2D eigenvalue weighted by molar-refractivity contribution is 5.95. The van der Waals surface area contributed by atoms with E-state index in [4.69, 9.17) is 15.6 Å². The number of carbonyl (C=O) groups excluding carboxylic acids is 1. The highest BCUT2D eigenvalue weighted by atomic mass is 16.5. The highest BCUT2D eigenvalue weighted by Gasteiger charge is 2.24. The molecule has 1 aromatic heterocycles. The molecule has 1 aliphatic rings. The minimum absolute atomic E-state index is 0.101. The van der Waals surface area contributed by atoms with Crippen molar-refractivity contribution in [3.63, 3.8) is 0 Å². The molecule has 1 saturated heterocycles. The van der Waals surface area contributed by atoms with Crippen molar-refractivity contribution >= 4 is 23.4 Å². The molecule has 0 atom stereocenters. The number of nitrogen functional groups attached to an aromatic ring is 1. The average Bonchev–Trinajstić information content (AvgIpc) is 2.77. The molecule has 2 heterocycles. The molecular formula is C23H36N6O3. The lowest BCUT2D eigenvalue weighted by molar-refractivity contribution is -0.120. The lowest BCUT2D eigenvalue weighted by Gasteiger charge is -2.32. The second-order valence-electron chi connectivity index (χ2n) is 7.73. The number of rotatable bonds is 8. The van der Waals surface area contributed by atoms with Crippen molar-refractivity contribution in [2.24, 2.45) is 0 Å². The van der Waals surface area contributed by atoms with E-state index in [1.807, 2.05) is 42.0 Å². The van der Waals surface area contributed by atoms with Crippen molar-refractivity contribution in [2.75, 3.05) is 63.4 Å². The minimum Gasteiger partial charge on any atom is -0.496 e. The molecule has 0 saturated carbocycles. The number of unbranched alkanes of at least 4 members (excludes halogenated alkanes) is 1. The first kappa shape index (κ1) is 25.4. The Morgan fingerprint density at radius 1 is 1.25 bits per heavy atom. The lowest BCUT2D eigenvalue weighted by Crippen LogP contribution is -2.48. The van der Waals surface area contributed by atoms with Crippen LogP contribution in [-0.2, 0) is 11.2 Å². The summed E-state index contributed by atoms with van der Waals surface area (Å²) in [6.07, 6.45) is 2.77. The molecule has 0 aliphatic carbocycles. The molecule has 0 radical (unpaired) electrons. The fourth-order valence-electron chi connectivity index (χ4n) is 3.66. The molecule has 1 amide bonds. The Balaban J connectivity index is 0.00000176. The normalized spacial score (nSPS) is 14.1. The molecule has 0 spiro atoms. The Kier molecular flexibility index (Phi) is 9.67. The number of aliphatic hydroxyl groups excluding tert-OH is 1. The number of nitrogens with two attached hydrogens (primary N) is 1. The van der Waals surface area contributed by atoms with Crippen molar-refractivity contribution in [3.05, 3.63) is 35.0 Å². The zero-order valence-electron chi connectivity index (χ0n) is 19.8. The molecular weight excluding hydrogens is 408 g/mol. The van der Waals surface area contributed by atoms with Crippen LogP contribution in [0.25, 0.3) is 0 Å². The van der Waals surface area contributed by atoms with E-state index in [1.54, 1.807) is 7.11 Å². The highest BCUT2D eigenvalue weighted by Crippen LogP contribution is 2.31. The number of aromatic nitrogens is 2. The summed E-state index contributed by atoms with van der Waals surface area (Å²) in [5.74, 6) is 1.89. The SMILES string of the molecule is CCCCNc1nc(N)nc(C)c1Cc1ccc(N2CCN(C)CC2=O)cc1OC.CO. The number of nitrogens with zero attached hydrogens (tertiary/aromatic N) is 4. The van der Waals surface area contributed by atoms with E-state index in [9.17, 15) is 4.79 Å². The average molecular weight is 445 g/mol. The van der Waals surface area contributed by atoms with Gasteiger partial charge in [0.25, 0.3) is 0 Å². The number of piperazine rings is 1. The number of hydrogen-bond acceptors (Lipinski definition) is 8. The summed E-state index contributed by atoms with van der Waals surface area (Å²) in [5.41, 5.74) is 9.60. The molecule has 4 N–H and O–H groups in total. The van der Waals surface area contributed by atoms with Gasteiger partial charge in [0.15, 0.2) is 0 Å². The van der Waals surface area contributed by atoms with Gasteiger partial charge in [-0.05, 0) is 32.0 Å². The van der Waals surface area contributed by atoms with Gasteiger partial charge in [-0.3, -0.25) is 9.69 Å². The monoisotopic (exact) mass is 444 g/mol. The summed E-state index contributed by atoms with van der Waals surface area (Å²) in [7, 11) is 4.61. The first-order valence-electron chi connectivity index (χ1n) is 10.9. The van der Waals surface area contributed by atoms with E-state index in [0.29, 0.717) is 19.5 Å². The number of ether oxygens (including phenoxy) is 1. The number of amides is 1. The lowest BCUT2D eigenvalue weighted by atomic mass is 10.0. The van der Waals surface area contributed by atoms with Gasteiger partial charge in [-0.15, -0.1) is 0 Å². The van der Waals surface area contributed by atoms with Crippen LogP contribution in [0.15, 0.2) is 18.2 Å². The van der Waals surface area contributed by atoms with Crippen LogP contribution in [0.4, 0.5) is 17.5 Å². The third kappa shape index (κ3) is 6.30. The summed E-state index contributed by atoms with van der Waals surface area (Å²) >= 11 is 0. The number of aliphatic hydroxyl groups is 1. The number of nitrogens with one attached hydrogen (secondary N) is 1. The Hall–Kier alpha value is -2.91. The topological polar surface area (TPSA) is 117 Å². The molecule has 1 aromatic carbocycles. The van der Waals surface area contributed by atoms with Crippen LogP contribution in [0.3, 0.4) is 0 Å². The number of carbonyl (C=O) groups is 1. The van der Waals surface area contributed by atoms with Crippen LogP contribution >= 0.6 is 0 Å². The molecule has 2 aromatic rings. The molecule has 9 nitrogen and oxygen atoms in total. The molecule has 0 unspecified atom stereocenters. The first-order valence-corrected chi connectivity index (χ1v) is 10.9. The van der Waals surface area contributed by atoms with Crippen LogP contribution in [0.1, 0.15) is 36.6 Å². The van der Waals surface area contributed by atoms with E-state index in [1.165, 1.54) is 0 Å². The number of hydrogen-bond donors (Lipinski definition) is 3. The van der Waals surface area contributed by atoms with E-state index >= 15 is 0 Å². The fraction of sp³-hybridized carbons (Fsp3) is 0.522. The number of aryl methyl sites for hydroxylation is 1. The molecule has 1 fully saturated rings. The third-order valence-electron chi connectivity index (χ3n) is 5.42. The standard InChI is InChI=1S/C22H32N6O2.CH4O/c1-5-6-9-24-21-18(15(2)25-22(23)26-21)12-16-7-8-17(13-19(16)30-4)28-11-10-27(3)14-20(28)29;1-2/h7-8,13H,5-6,9-12,14H2,1-4H3,(H3,23,24,25,26);2H,1H3. The summed E-state index contributed by atoms with van der Waals surface area (Å²) < 4.78 is 5.67. The zero-order valence-corrected chi connectivity index (χ0v) is 19.8. The van der Waals surface area contributed by atoms with Crippen LogP contribution in [-0.4, -0.2) is 73.3 Å². The summed E-state index contributed by atoms with van der Waals surface area (Å²) in [6.45, 7) is 6.89. The van der Waals surface area contributed by atoms with Gasteiger partial charge in [0.1, 0.15) is 11.6 Å². The molecule has 32 heavy (non-hydrogen) atoms. The van der Waals surface area contributed by atoms with E-state index in [-0.39, 0.29) is 11.9 Å². The number of methoxy groups -OCH3 is 1. The van der Waals surface area contributed by atoms with Gasteiger partial charge in [-0.2, -0.15) is 4.98 Å². The van der Waals surface area contributed by atoms with Crippen molar-refractivity contribution in [1.82, 2.24) is 14.9 Å². The Labute approximate surface area is 190 Å². The van der Waals surface area contributed by atoms with E-state index in [2.05, 4.69) is 22.2 Å². The second kappa shape index (κ2) is 12.2. The number of anilines is 3. The maximum Gasteiger partial charge on any atom is 0.241 e. The van der Waals surface area contributed by atoms with Crippen LogP contribution in [0, 0.1) is 6.92 Å². The van der Waals surface area contributed by atoms with Gasteiger partial charge in [0, 0.05) is 56.2 Å². The van der Waals surface area contributed by atoms with Crippen molar-refractivity contribution in [1.29, 1.82) is 0 Å².